The number of esters is 1. The highest BCUT2D eigenvalue weighted by atomic mass is 79.9. The fourth-order valence-corrected chi connectivity index (χ4v) is 1.39. The van der Waals surface area contributed by atoms with E-state index in [4.69, 9.17) is 0 Å². The molecule has 72 valence electrons. The maximum atomic E-state index is 11.1. The van der Waals surface area contributed by atoms with Gasteiger partial charge in [-0.05, 0) is 17.5 Å². The number of aromatic nitrogens is 1. The monoisotopic (exact) mass is 245 g/mol. The van der Waals surface area contributed by atoms with Crippen LogP contribution < -0.4 is 0 Å². The van der Waals surface area contributed by atoms with Crippen LogP contribution in [0.4, 0.5) is 0 Å². The van der Waals surface area contributed by atoms with Crippen molar-refractivity contribution in [1.29, 1.82) is 0 Å². The summed E-state index contributed by atoms with van der Waals surface area (Å²) in [5.41, 5.74) is 1.61. The summed E-state index contributed by atoms with van der Waals surface area (Å²) < 4.78 is 4.58. The smallest absolute Gasteiger partial charge is 0.354 e. The minimum atomic E-state index is -0.326. The third kappa shape index (κ3) is 2.34. The van der Waals surface area contributed by atoms with Crippen LogP contribution in [0, 0.1) is 0 Å². The summed E-state index contributed by atoms with van der Waals surface area (Å²) in [5.74, 6) is 0.0719. The van der Waals surface area contributed by atoms with Gasteiger partial charge >= 0.3 is 5.97 Å². The van der Waals surface area contributed by atoms with Gasteiger partial charge in [-0.2, -0.15) is 0 Å². The third-order valence-electron chi connectivity index (χ3n) is 1.91. The molecule has 0 saturated heterocycles. The maximum absolute atomic E-state index is 11.1. The molecule has 0 aliphatic rings. The van der Waals surface area contributed by atoms with E-state index >= 15 is 0 Å². The van der Waals surface area contributed by atoms with E-state index in [1.165, 1.54) is 7.11 Å². The number of methoxy groups -OCH3 is 1. The van der Waals surface area contributed by atoms with Gasteiger partial charge in [-0.1, -0.05) is 22.9 Å². The minimum Gasteiger partial charge on any atom is -0.464 e. The van der Waals surface area contributed by atoms with E-state index in [2.05, 4.69) is 32.6 Å². The molecule has 3 nitrogen and oxygen atoms in total. The number of H-pyrrole nitrogens is 1. The number of aromatic amines is 1. The number of hydrogen-bond acceptors (Lipinski definition) is 2. The van der Waals surface area contributed by atoms with Crippen molar-refractivity contribution in [3.8, 4) is 0 Å². The molecule has 4 heteroatoms. The summed E-state index contributed by atoms with van der Waals surface area (Å²) >= 11 is 3.38. The Labute approximate surface area is 85.6 Å². The molecular weight excluding hydrogens is 234 g/mol. The molecule has 0 aliphatic heterocycles. The first-order chi connectivity index (χ1) is 6.19. The standard InChI is InChI=1S/C9H12BrNO2/c1-6(4-10)7-3-8(11-5-7)9(12)13-2/h3,5-6,11H,4H2,1-2H3. The molecule has 13 heavy (non-hydrogen) atoms. The zero-order valence-electron chi connectivity index (χ0n) is 7.63. The zero-order chi connectivity index (χ0) is 9.84. The van der Waals surface area contributed by atoms with Crippen LogP contribution in [0.25, 0.3) is 0 Å². The van der Waals surface area contributed by atoms with Gasteiger partial charge in [0.2, 0.25) is 0 Å². The molecule has 0 amide bonds. The molecule has 0 aliphatic carbocycles. The van der Waals surface area contributed by atoms with E-state index < -0.39 is 0 Å². The second kappa shape index (κ2) is 4.46. The average molecular weight is 246 g/mol. The number of carbonyl (C=O) groups is 1. The van der Waals surface area contributed by atoms with Crippen molar-refractivity contribution < 1.29 is 9.53 Å². The number of rotatable bonds is 3. The van der Waals surface area contributed by atoms with Crippen LogP contribution in [0.3, 0.4) is 0 Å². The first-order valence-corrected chi connectivity index (χ1v) is 5.13. The molecule has 1 unspecified atom stereocenters. The normalized spacial score (nSPS) is 12.5. The summed E-state index contributed by atoms with van der Waals surface area (Å²) in [6.45, 7) is 2.08. The molecule has 0 bridgehead atoms. The van der Waals surface area contributed by atoms with Crippen molar-refractivity contribution in [3.63, 3.8) is 0 Å². The second-order valence-corrected chi connectivity index (χ2v) is 3.54. The SMILES string of the molecule is COC(=O)c1cc(C(C)CBr)c[nH]1. The number of hydrogen-bond donors (Lipinski definition) is 1. The molecule has 1 rings (SSSR count). The van der Waals surface area contributed by atoms with Crippen molar-refractivity contribution >= 4 is 21.9 Å². The van der Waals surface area contributed by atoms with E-state index in [0.29, 0.717) is 11.6 Å². The van der Waals surface area contributed by atoms with Gasteiger partial charge in [0.15, 0.2) is 0 Å². The van der Waals surface area contributed by atoms with E-state index in [-0.39, 0.29) is 5.97 Å². The first kappa shape index (κ1) is 10.3. The Morgan fingerprint density at radius 1 is 1.77 bits per heavy atom. The van der Waals surface area contributed by atoms with Crippen LogP contribution in [0.15, 0.2) is 12.3 Å². The topological polar surface area (TPSA) is 42.1 Å². The number of ether oxygens (including phenoxy) is 1. The lowest BCUT2D eigenvalue weighted by Gasteiger charge is -2.01. The largest absolute Gasteiger partial charge is 0.464 e. The van der Waals surface area contributed by atoms with Crippen LogP contribution in [0.2, 0.25) is 0 Å². The van der Waals surface area contributed by atoms with E-state index in [1.807, 2.05) is 12.3 Å². The Morgan fingerprint density at radius 2 is 2.46 bits per heavy atom. The highest BCUT2D eigenvalue weighted by Crippen LogP contribution is 2.18. The molecule has 1 heterocycles. The van der Waals surface area contributed by atoms with Crippen LogP contribution >= 0.6 is 15.9 Å². The Kier molecular flexibility index (Phi) is 3.54. The van der Waals surface area contributed by atoms with Crippen molar-refractivity contribution in [3.05, 3.63) is 23.5 Å². The highest BCUT2D eigenvalue weighted by Gasteiger charge is 2.11. The number of carbonyl (C=O) groups excluding carboxylic acids is 1. The predicted molar refractivity (Wildman–Crippen MR) is 54.3 cm³/mol. The van der Waals surface area contributed by atoms with Gasteiger partial charge in [-0.15, -0.1) is 0 Å². The molecular formula is C9H12BrNO2. The molecule has 0 saturated carbocycles. The van der Waals surface area contributed by atoms with Gasteiger partial charge in [0, 0.05) is 11.5 Å². The molecule has 1 aromatic heterocycles. The Hall–Kier alpha value is -0.770. The summed E-state index contributed by atoms with van der Waals surface area (Å²) in [6.07, 6.45) is 1.83. The fourth-order valence-electron chi connectivity index (χ4n) is 1.01. The first-order valence-electron chi connectivity index (χ1n) is 4.01. The van der Waals surface area contributed by atoms with Gasteiger partial charge in [0.1, 0.15) is 5.69 Å². The molecule has 1 atom stereocenters. The fraction of sp³-hybridized carbons (Fsp3) is 0.444. The Balaban J connectivity index is 2.80. The van der Waals surface area contributed by atoms with Crippen molar-refractivity contribution in [1.82, 2.24) is 4.98 Å². The van der Waals surface area contributed by atoms with E-state index in [9.17, 15) is 4.79 Å². The van der Waals surface area contributed by atoms with Gasteiger partial charge < -0.3 is 9.72 Å². The Morgan fingerprint density at radius 3 is 3.00 bits per heavy atom. The van der Waals surface area contributed by atoms with Crippen LogP contribution in [0.1, 0.15) is 28.9 Å². The lowest BCUT2D eigenvalue weighted by Crippen LogP contribution is -2.00. The van der Waals surface area contributed by atoms with Crippen molar-refractivity contribution in [2.75, 3.05) is 12.4 Å². The van der Waals surface area contributed by atoms with Gasteiger partial charge in [0.05, 0.1) is 7.11 Å². The summed E-state index contributed by atoms with van der Waals surface area (Å²) in [4.78, 5) is 13.9. The minimum absolute atomic E-state index is 0.326. The highest BCUT2D eigenvalue weighted by molar-refractivity contribution is 9.09. The molecule has 0 spiro atoms. The average Bonchev–Trinajstić information content (AvgIpc) is 2.64. The summed E-state index contributed by atoms with van der Waals surface area (Å²) in [6, 6.07) is 1.82. The lowest BCUT2D eigenvalue weighted by molar-refractivity contribution is 0.0595. The van der Waals surface area contributed by atoms with Crippen molar-refractivity contribution in [2.24, 2.45) is 0 Å². The van der Waals surface area contributed by atoms with Gasteiger partial charge in [-0.25, -0.2) is 4.79 Å². The molecule has 0 aromatic carbocycles. The van der Waals surface area contributed by atoms with Crippen LogP contribution in [-0.2, 0) is 4.74 Å². The molecule has 0 radical (unpaired) electrons. The van der Waals surface area contributed by atoms with Crippen LogP contribution in [-0.4, -0.2) is 23.4 Å². The lowest BCUT2D eigenvalue weighted by atomic mass is 10.1. The van der Waals surface area contributed by atoms with Crippen LogP contribution in [0.5, 0.6) is 0 Å². The number of nitrogens with one attached hydrogen (secondary N) is 1. The molecule has 0 fully saturated rings. The summed E-state index contributed by atoms with van der Waals surface area (Å²) in [5, 5.41) is 0.880. The van der Waals surface area contributed by atoms with Crippen molar-refractivity contribution in [2.45, 2.75) is 12.8 Å². The molecule has 1 N–H and O–H groups in total. The molecule has 1 aromatic rings. The predicted octanol–water partition coefficient (Wildman–Crippen LogP) is 2.30. The second-order valence-electron chi connectivity index (χ2n) is 2.89. The summed E-state index contributed by atoms with van der Waals surface area (Å²) in [7, 11) is 1.37. The van der Waals surface area contributed by atoms with E-state index in [0.717, 1.165) is 10.9 Å². The number of halogens is 1. The number of alkyl halides is 1. The van der Waals surface area contributed by atoms with Gasteiger partial charge in [-0.3, -0.25) is 0 Å². The van der Waals surface area contributed by atoms with E-state index in [1.54, 1.807) is 0 Å². The third-order valence-corrected chi connectivity index (χ3v) is 2.88. The van der Waals surface area contributed by atoms with Gasteiger partial charge in [0.25, 0.3) is 0 Å². The Bertz CT molecular complexity index is 296. The maximum Gasteiger partial charge on any atom is 0.354 e. The quantitative estimate of drug-likeness (QED) is 0.656. The zero-order valence-corrected chi connectivity index (χ0v) is 9.22.